The molecule has 11 rings (SSSR count). The Morgan fingerprint density at radius 1 is 0.360 bits per heavy atom. The molecule has 0 spiro atoms. The molecule has 0 radical (unpaired) electrons. The summed E-state index contributed by atoms with van der Waals surface area (Å²) in [6, 6.07) is 61.9. The highest BCUT2D eigenvalue weighted by molar-refractivity contribution is 7.26. The average molecular weight is 653 g/mol. The van der Waals surface area contributed by atoms with Crippen molar-refractivity contribution in [3.63, 3.8) is 0 Å². The van der Waals surface area contributed by atoms with Crippen molar-refractivity contribution in [2.24, 2.45) is 0 Å². The summed E-state index contributed by atoms with van der Waals surface area (Å²) in [6.07, 6.45) is 0. The van der Waals surface area contributed by atoms with Crippen LogP contribution in [-0.2, 0) is 0 Å². The van der Waals surface area contributed by atoms with Gasteiger partial charge in [0.05, 0.1) is 0 Å². The van der Waals surface area contributed by atoms with Crippen LogP contribution >= 0.6 is 11.3 Å². The van der Waals surface area contributed by atoms with Crippen molar-refractivity contribution in [2.75, 3.05) is 0 Å². The second kappa shape index (κ2) is 10.6. The highest BCUT2D eigenvalue weighted by Crippen LogP contribution is 2.48. The van der Waals surface area contributed by atoms with E-state index in [2.05, 4.69) is 170 Å². The quantitative estimate of drug-likeness (QED) is 0.173. The first kappa shape index (κ1) is 27.7. The van der Waals surface area contributed by atoms with E-state index in [1.807, 2.05) is 11.3 Å². The smallest absolute Gasteiger partial charge is 0.136 e. The zero-order valence-electron chi connectivity index (χ0n) is 27.0. The molecule has 2 heterocycles. The summed E-state index contributed by atoms with van der Waals surface area (Å²) in [5.41, 5.74) is 9.06. The fraction of sp³-hybridized carbons (Fsp3) is 0. The van der Waals surface area contributed by atoms with E-state index in [4.69, 9.17) is 4.42 Å². The van der Waals surface area contributed by atoms with Gasteiger partial charge in [-0.1, -0.05) is 140 Å². The number of rotatable bonds is 3. The van der Waals surface area contributed by atoms with Gasteiger partial charge < -0.3 is 4.42 Å². The molecule has 0 saturated heterocycles. The first-order chi connectivity index (χ1) is 24.8. The predicted octanol–water partition coefficient (Wildman–Crippen LogP) is 14.4. The molecule has 0 unspecified atom stereocenters. The highest BCUT2D eigenvalue weighted by atomic mass is 32.1. The summed E-state index contributed by atoms with van der Waals surface area (Å²) in [6.45, 7) is 0. The summed E-state index contributed by atoms with van der Waals surface area (Å²) in [5, 5.41) is 12.5. The molecule has 232 valence electrons. The van der Waals surface area contributed by atoms with Crippen molar-refractivity contribution >= 4 is 85.8 Å². The van der Waals surface area contributed by atoms with Crippen LogP contribution < -0.4 is 0 Å². The Bertz CT molecular complexity index is 3090. The van der Waals surface area contributed by atoms with E-state index in [9.17, 15) is 0 Å². The Labute approximate surface area is 292 Å². The topological polar surface area (TPSA) is 13.1 Å². The van der Waals surface area contributed by atoms with E-state index in [-0.39, 0.29) is 0 Å². The number of hydrogen-bond acceptors (Lipinski definition) is 2. The second-order valence-electron chi connectivity index (χ2n) is 13.2. The molecule has 0 aliphatic rings. The van der Waals surface area contributed by atoms with Gasteiger partial charge in [-0.3, -0.25) is 0 Å². The van der Waals surface area contributed by atoms with Crippen LogP contribution in [0.2, 0.25) is 0 Å². The summed E-state index contributed by atoms with van der Waals surface area (Å²) in [5.74, 6) is 0. The van der Waals surface area contributed by atoms with Crippen LogP contribution in [0.5, 0.6) is 0 Å². The molecule has 0 fully saturated rings. The fourth-order valence-corrected chi connectivity index (χ4v) is 9.46. The van der Waals surface area contributed by atoms with Crippen molar-refractivity contribution < 1.29 is 4.42 Å². The monoisotopic (exact) mass is 652 g/mol. The lowest BCUT2D eigenvalue weighted by Gasteiger charge is -2.19. The number of para-hydroxylation sites is 1. The summed E-state index contributed by atoms with van der Waals surface area (Å²) >= 11 is 1.88. The molecule has 0 bridgehead atoms. The van der Waals surface area contributed by atoms with E-state index in [1.54, 1.807) is 0 Å². The highest BCUT2D eigenvalue weighted by Gasteiger charge is 2.22. The molecule has 0 N–H and O–H groups in total. The van der Waals surface area contributed by atoms with Crippen LogP contribution in [0, 0.1) is 0 Å². The Kier molecular flexibility index (Phi) is 5.89. The molecule has 9 aromatic carbocycles. The Hall–Kier alpha value is -6.22. The molecule has 0 aliphatic carbocycles. The number of fused-ring (bicyclic) bond motifs is 10. The standard InChI is InChI=1S/C48H28OS/c1-2-13-30(14-3-1)45-34-16-6-8-18-36(34)46(37-19-9-7-17-35(37)45)41-27-32(28-43-47(41)39-20-10-11-21-42(39)49-43)31-23-25-44-40(26-31)38-24-22-29-12-4-5-15-33(29)48(38)50-44/h1-28H. The first-order valence-electron chi connectivity index (χ1n) is 17.1. The lowest BCUT2D eigenvalue weighted by atomic mass is 9.84. The molecule has 0 atom stereocenters. The number of benzene rings is 9. The molecule has 0 aliphatic heterocycles. The molecular formula is C48H28OS. The molecule has 2 aromatic heterocycles. The largest absolute Gasteiger partial charge is 0.456 e. The van der Waals surface area contributed by atoms with Crippen molar-refractivity contribution in [1.82, 2.24) is 0 Å². The van der Waals surface area contributed by atoms with Crippen LogP contribution in [-0.4, -0.2) is 0 Å². The van der Waals surface area contributed by atoms with Gasteiger partial charge in [0.2, 0.25) is 0 Å². The van der Waals surface area contributed by atoms with Crippen LogP contribution in [0.3, 0.4) is 0 Å². The maximum absolute atomic E-state index is 6.69. The number of hydrogen-bond donors (Lipinski definition) is 0. The van der Waals surface area contributed by atoms with Gasteiger partial charge in [0.25, 0.3) is 0 Å². The predicted molar refractivity (Wildman–Crippen MR) is 215 cm³/mol. The summed E-state index contributed by atoms with van der Waals surface area (Å²) in [7, 11) is 0. The van der Waals surface area contributed by atoms with Crippen molar-refractivity contribution in [1.29, 1.82) is 0 Å². The molecule has 0 amide bonds. The van der Waals surface area contributed by atoms with Crippen molar-refractivity contribution in [2.45, 2.75) is 0 Å². The number of furan rings is 1. The SMILES string of the molecule is c1ccc(-c2c3ccccc3c(-c3cc(-c4ccc5sc6c7ccccc7ccc6c5c4)cc4oc5ccccc5c34)c3ccccc23)cc1. The summed E-state index contributed by atoms with van der Waals surface area (Å²) in [4.78, 5) is 0. The maximum Gasteiger partial charge on any atom is 0.136 e. The molecule has 2 heteroatoms. The van der Waals surface area contributed by atoms with Gasteiger partial charge in [-0.2, -0.15) is 0 Å². The Morgan fingerprint density at radius 2 is 1.00 bits per heavy atom. The third-order valence-electron chi connectivity index (χ3n) is 10.4. The van der Waals surface area contributed by atoms with Gasteiger partial charge in [-0.15, -0.1) is 11.3 Å². The van der Waals surface area contributed by atoms with Crippen LogP contribution in [0.4, 0.5) is 0 Å². The van der Waals surface area contributed by atoms with E-state index in [0.717, 1.165) is 27.5 Å². The van der Waals surface area contributed by atoms with E-state index in [0.29, 0.717) is 0 Å². The first-order valence-corrected chi connectivity index (χ1v) is 17.9. The average Bonchev–Trinajstić information content (AvgIpc) is 3.75. The molecular weight excluding hydrogens is 625 g/mol. The lowest BCUT2D eigenvalue weighted by molar-refractivity contribution is 0.669. The zero-order valence-corrected chi connectivity index (χ0v) is 27.8. The fourth-order valence-electron chi connectivity index (χ4n) is 8.24. The van der Waals surface area contributed by atoms with Crippen LogP contribution in [0.1, 0.15) is 0 Å². The Morgan fingerprint density at radius 3 is 1.76 bits per heavy atom. The van der Waals surface area contributed by atoms with Crippen LogP contribution in [0.25, 0.3) is 108 Å². The van der Waals surface area contributed by atoms with Gasteiger partial charge in [-0.25, -0.2) is 0 Å². The van der Waals surface area contributed by atoms with Crippen molar-refractivity contribution in [3.8, 4) is 33.4 Å². The minimum atomic E-state index is 0.903. The minimum absolute atomic E-state index is 0.903. The van der Waals surface area contributed by atoms with Crippen LogP contribution in [0.15, 0.2) is 174 Å². The van der Waals surface area contributed by atoms with Gasteiger partial charge in [0, 0.05) is 30.9 Å². The third kappa shape index (κ3) is 4.00. The number of thiophene rings is 1. The lowest BCUT2D eigenvalue weighted by Crippen LogP contribution is -1.92. The minimum Gasteiger partial charge on any atom is -0.456 e. The van der Waals surface area contributed by atoms with E-state index in [1.165, 1.54) is 80.3 Å². The van der Waals surface area contributed by atoms with Gasteiger partial charge >= 0.3 is 0 Å². The molecule has 1 nitrogen and oxygen atoms in total. The van der Waals surface area contributed by atoms with E-state index >= 15 is 0 Å². The third-order valence-corrected chi connectivity index (χ3v) is 11.7. The summed E-state index contributed by atoms with van der Waals surface area (Å²) < 4.78 is 9.34. The molecule has 0 saturated carbocycles. The zero-order chi connectivity index (χ0) is 32.8. The molecule has 50 heavy (non-hydrogen) atoms. The maximum atomic E-state index is 6.69. The normalized spacial score (nSPS) is 12.0. The van der Waals surface area contributed by atoms with Gasteiger partial charge in [0.1, 0.15) is 11.2 Å². The molecule has 11 aromatic rings. The van der Waals surface area contributed by atoms with Crippen molar-refractivity contribution in [3.05, 3.63) is 170 Å². The van der Waals surface area contributed by atoms with E-state index < -0.39 is 0 Å². The Balaban J connectivity index is 1.25. The van der Waals surface area contributed by atoms with Gasteiger partial charge in [-0.05, 0) is 96.0 Å². The van der Waals surface area contributed by atoms with Gasteiger partial charge in [0.15, 0.2) is 0 Å². The second-order valence-corrected chi connectivity index (χ2v) is 14.2.